The normalized spacial score (nSPS) is 19.0. The maximum absolute atomic E-state index is 10.6. The lowest BCUT2D eigenvalue weighted by molar-refractivity contribution is -0.00410. The highest BCUT2D eigenvalue weighted by Crippen LogP contribution is 2.23. The number of likely N-dealkylation sites (tertiary alicyclic amines) is 1. The third-order valence-corrected chi connectivity index (χ3v) is 4.10. The topological polar surface area (TPSA) is 87.3 Å². The minimum absolute atomic E-state index is 0.283. The van der Waals surface area contributed by atoms with Gasteiger partial charge in [-0.15, -0.1) is 0 Å². The number of aryl methyl sites for hydroxylation is 1. The molecule has 6 heteroatoms. The van der Waals surface area contributed by atoms with Crippen LogP contribution in [0.5, 0.6) is 0 Å². The summed E-state index contributed by atoms with van der Waals surface area (Å²) in [5, 5.41) is 13.8. The van der Waals surface area contributed by atoms with Gasteiger partial charge in [-0.2, -0.15) is 4.98 Å². The van der Waals surface area contributed by atoms with Crippen LogP contribution in [0.4, 0.5) is 11.8 Å². The van der Waals surface area contributed by atoms with E-state index in [1.54, 1.807) is 0 Å². The van der Waals surface area contributed by atoms with Crippen LogP contribution in [0.1, 0.15) is 31.0 Å². The van der Waals surface area contributed by atoms with Gasteiger partial charge >= 0.3 is 0 Å². The second-order valence-corrected chi connectivity index (χ2v) is 5.74. The number of piperidine rings is 1. The lowest BCUT2D eigenvalue weighted by Crippen LogP contribution is -2.47. The van der Waals surface area contributed by atoms with Gasteiger partial charge in [-0.25, -0.2) is 4.98 Å². The van der Waals surface area contributed by atoms with Crippen molar-refractivity contribution in [1.29, 1.82) is 0 Å². The summed E-state index contributed by atoms with van der Waals surface area (Å²) < 4.78 is 0. The summed E-state index contributed by atoms with van der Waals surface area (Å²) in [4.78, 5) is 10.7. The second-order valence-electron chi connectivity index (χ2n) is 5.74. The Labute approximate surface area is 120 Å². The molecule has 0 bridgehead atoms. The quantitative estimate of drug-likeness (QED) is 0.755. The predicted octanol–water partition coefficient (Wildman–Crippen LogP) is 0.798. The number of nitrogens with one attached hydrogen (secondary N) is 1. The number of hydrogen-bond donors (Lipinski definition) is 3. The number of aliphatic hydroxyl groups is 1. The largest absolute Gasteiger partial charge is 0.388 e. The zero-order valence-corrected chi connectivity index (χ0v) is 12.6. The van der Waals surface area contributed by atoms with Gasteiger partial charge in [-0.05, 0) is 33.2 Å². The van der Waals surface area contributed by atoms with Gasteiger partial charge in [-0.1, -0.05) is 6.92 Å². The standard InChI is InChI=1S/C14H25N5O/c1-4-11-10(2)12(18-13(15)17-11)16-9-14(20)5-7-19(3)8-6-14/h20H,4-9H2,1-3H3,(H3,15,16,17,18). The Morgan fingerprint density at radius 2 is 2.00 bits per heavy atom. The van der Waals surface area contributed by atoms with Gasteiger partial charge in [0, 0.05) is 25.2 Å². The highest BCUT2D eigenvalue weighted by molar-refractivity contribution is 5.49. The van der Waals surface area contributed by atoms with E-state index in [-0.39, 0.29) is 5.95 Å². The molecule has 0 spiro atoms. The van der Waals surface area contributed by atoms with Crippen LogP contribution in [0.3, 0.4) is 0 Å². The van der Waals surface area contributed by atoms with Crippen LogP contribution < -0.4 is 11.1 Å². The summed E-state index contributed by atoms with van der Waals surface area (Å²) in [5.41, 5.74) is 7.04. The molecule has 1 fully saturated rings. The Kier molecular flexibility index (Phi) is 4.45. The van der Waals surface area contributed by atoms with Crippen molar-refractivity contribution in [3.8, 4) is 0 Å². The molecule has 0 atom stereocenters. The van der Waals surface area contributed by atoms with Crippen molar-refractivity contribution in [2.75, 3.05) is 37.7 Å². The highest BCUT2D eigenvalue weighted by Gasteiger charge is 2.31. The van der Waals surface area contributed by atoms with E-state index in [1.807, 2.05) is 13.8 Å². The molecular formula is C14H25N5O. The van der Waals surface area contributed by atoms with E-state index in [0.29, 0.717) is 6.54 Å². The van der Waals surface area contributed by atoms with Gasteiger partial charge in [0.05, 0.1) is 11.3 Å². The molecule has 0 radical (unpaired) electrons. The van der Waals surface area contributed by atoms with Crippen LogP contribution in [0.2, 0.25) is 0 Å². The summed E-state index contributed by atoms with van der Waals surface area (Å²) in [5.74, 6) is 1.02. The molecular weight excluding hydrogens is 254 g/mol. The van der Waals surface area contributed by atoms with Gasteiger partial charge in [0.15, 0.2) is 0 Å². The lowest BCUT2D eigenvalue weighted by atomic mass is 9.91. The molecule has 0 aromatic carbocycles. The number of nitrogen functional groups attached to an aromatic ring is 1. The average molecular weight is 279 g/mol. The summed E-state index contributed by atoms with van der Waals surface area (Å²) in [6, 6.07) is 0. The summed E-state index contributed by atoms with van der Waals surface area (Å²) in [6.45, 7) is 6.37. The number of nitrogens with zero attached hydrogens (tertiary/aromatic N) is 3. The van der Waals surface area contributed by atoms with Crippen LogP contribution in [0.25, 0.3) is 0 Å². The predicted molar refractivity (Wildman–Crippen MR) is 80.7 cm³/mol. The lowest BCUT2D eigenvalue weighted by Gasteiger charge is -2.36. The molecule has 6 nitrogen and oxygen atoms in total. The van der Waals surface area contributed by atoms with E-state index in [2.05, 4.69) is 27.2 Å². The Morgan fingerprint density at radius 1 is 1.35 bits per heavy atom. The monoisotopic (exact) mass is 279 g/mol. The van der Waals surface area contributed by atoms with E-state index in [9.17, 15) is 5.11 Å². The Morgan fingerprint density at radius 3 is 2.60 bits per heavy atom. The van der Waals surface area contributed by atoms with E-state index >= 15 is 0 Å². The minimum atomic E-state index is -0.662. The van der Waals surface area contributed by atoms with Gasteiger partial charge in [-0.3, -0.25) is 0 Å². The average Bonchev–Trinajstić information content (AvgIpc) is 2.43. The second kappa shape index (κ2) is 5.93. The Bertz CT molecular complexity index is 469. The fraction of sp³-hybridized carbons (Fsp3) is 0.714. The maximum atomic E-state index is 10.6. The molecule has 1 aromatic heterocycles. The molecule has 0 aliphatic carbocycles. The first kappa shape index (κ1) is 15.0. The molecule has 1 aliphatic heterocycles. The number of hydrogen-bond acceptors (Lipinski definition) is 6. The zero-order valence-electron chi connectivity index (χ0n) is 12.6. The molecule has 2 heterocycles. The minimum Gasteiger partial charge on any atom is -0.388 e. The van der Waals surface area contributed by atoms with Crippen molar-refractivity contribution < 1.29 is 5.11 Å². The Balaban J connectivity index is 2.05. The molecule has 1 aromatic rings. The first-order chi connectivity index (χ1) is 9.43. The third-order valence-electron chi connectivity index (χ3n) is 4.10. The molecule has 4 N–H and O–H groups in total. The molecule has 0 saturated carbocycles. The molecule has 0 amide bonds. The van der Waals surface area contributed by atoms with Crippen LogP contribution in [0, 0.1) is 6.92 Å². The molecule has 2 rings (SSSR count). The van der Waals surface area contributed by atoms with Gasteiger partial charge in [0.25, 0.3) is 0 Å². The highest BCUT2D eigenvalue weighted by atomic mass is 16.3. The number of nitrogens with two attached hydrogens (primary N) is 1. The van der Waals surface area contributed by atoms with Gasteiger partial charge in [0.1, 0.15) is 5.82 Å². The first-order valence-corrected chi connectivity index (χ1v) is 7.21. The smallest absolute Gasteiger partial charge is 0.222 e. The SMILES string of the molecule is CCc1nc(N)nc(NCC2(O)CCN(C)CC2)c1C. The van der Waals surface area contributed by atoms with Crippen molar-refractivity contribution in [3.63, 3.8) is 0 Å². The van der Waals surface area contributed by atoms with E-state index in [4.69, 9.17) is 5.73 Å². The van der Waals surface area contributed by atoms with Crippen LogP contribution in [0.15, 0.2) is 0 Å². The number of aromatic nitrogens is 2. The van der Waals surface area contributed by atoms with Gasteiger partial charge < -0.3 is 21.1 Å². The van der Waals surface area contributed by atoms with Crippen molar-refractivity contribution in [3.05, 3.63) is 11.3 Å². The van der Waals surface area contributed by atoms with E-state index in [1.165, 1.54) is 0 Å². The van der Waals surface area contributed by atoms with Crippen LogP contribution in [-0.4, -0.2) is 52.3 Å². The first-order valence-electron chi connectivity index (χ1n) is 7.21. The van der Waals surface area contributed by atoms with Gasteiger partial charge in [0.2, 0.25) is 5.95 Å². The number of rotatable bonds is 4. The summed E-state index contributed by atoms with van der Waals surface area (Å²) in [6.07, 6.45) is 2.37. The third kappa shape index (κ3) is 3.37. The van der Waals surface area contributed by atoms with Crippen molar-refractivity contribution in [1.82, 2.24) is 14.9 Å². The van der Waals surface area contributed by atoms with Crippen molar-refractivity contribution in [2.24, 2.45) is 0 Å². The van der Waals surface area contributed by atoms with E-state index in [0.717, 1.165) is 49.4 Å². The molecule has 1 aliphatic rings. The summed E-state index contributed by atoms with van der Waals surface area (Å²) in [7, 11) is 2.08. The fourth-order valence-electron chi connectivity index (χ4n) is 2.56. The molecule has 112 valence electrons. The van der Waals surface area contributed by atoms with Crippen molar-refractivity contribution in [2.45, 2.75) is 38.7 Å². The molecule has 0 unspecified atom stereocenters. The maximum Gasteiger partial charge on any atom is 0.222 e. The van der Waals surface area contributed by atoms with Crippen molar-refractivity contribution >= 4 is 11.8 Å². The van der Waals surface area contributed by atoms with Crippen LogP contribution >= 0.6 is 0 Å². The summed E-state index contributed by atoms with van der Waals surface area (Å²) >= 11 is 0. The fourth-order valence-corrected chi connectivity index (χ4v) is 2.56. The zero-order chi connectivity index (χ0) is 14.8. The molecule has 20 heavy (non-hydrogen) atoms. The Hall–Kier alpha value is -1.40. The molecule has 1 saturated heterocycles. The van der Waals surface area contributed by atoms with E-state index < -0.39 is 5.60 Å². The number of anilines is 2. The van der Waals surface area contributed by atoms with Crippen LogP contribution in [-0.2, 0) is 6.42 Å².